The molecule has 0 saturated carbocycles. The van der Waals surface area contributed by atoms with Gasteiger partial charge in [0.25, 0.3) is 0 Å². The molecular formula is C14H21BrN2O3S. The smallest absolute Gasteiger partial charge is 0.243 e. The Bertz CT molecular complexity index is 609. The van der Waals surface area contributed by atoms with E-state index in [1.165, 1.54) is 0 Å². The van der Waals surface area contributed by atoms with Crippen LogP contribution >= 0.6 is 15.9 Å². The summed E-state index contributed by atoms with van der Waals surface area (Å²) in [4.78, 5) is 2.50. The van der Waals surface area contributed by atoms with Crippen molar-refractivity contribution in [1.29, 1.82) is 0 Å². The zero-order valence-corrected chi connectivity index (χ0v) is 15.1. The first-order valence-electron chi connectivity index (χ1n) is 6.83. The lowest BCUT2D eigenvalue weighted by Crippen LogP contribution is -2.56. The fourth-order valence-corrected chi connectivity index (χ4v) is 4.83. The van der Waals surface area contributed by atoms with Gasteiger partial charge in [-0.05, 0) is 55.0 Å². The Morgan fingerprint density at radius 2 is 1.81 bits per heavy atom. The van der Waals surface area contributed by atoms with Gasteiger partial charge in [0.2, 0.25) is 10.0 Å². The predicted octanol–water partition coefficient (Wildman–Crippen LogP) is 2.17. The molecule has 2 rings (SSSR count). The fourth-order valence-electron chi connectivity index (χ4n) is 2.51. The summed E-state index contributed by atoms with van der Waals surface area (Å²) in [6.07, 6.45) is 0. The van der Waals surface area contributed by atoms with Crippen molar-refractivity contribution in [2.75, 3.05) is 27.2 Å². The zero-order chi connectivity index (χ0) is 15.8. The van der Waals surface area contributed by atoms with Gasteiger partial charge in [0.1, 0.15) is 5.75 Å². The van der Waals surface area contributed by atoms with Crippen LogP contribution in [0.25, 0.3) is 0 Å². The lowest BCUT2D eigenvalue weighted by atomic mass is 10.1. The van der Waals surface area contributed by atoms with Crippen LogP contribution in [0.3, 0.4) is 0 Å². The van der Waals surface area contributed by atoms with Gasteiger partial charge in [-0.2, -0.15) is 4.31 Å². The van der Waals surface area contributed by atoms with Crippen LogP contribution in [0.1, 0.15) is 13.8 Å². The van der Waals surface area contributed by atoms with Gasteiger partial charge in [0.05, 0.1) is 16.5 Å². The molecule has 2 unspecified atom stereocenters. The first-order chi connectivity index (χ1) is 9.77. The number of sulfonamides is 1. The van der Waals surface area contributed by atoms with Gasteiger partial charge in [-0.15, -0.1) is 0 Å². The van der Waals surface area contributed by atoms with Crippen LogP contribution in [-0.2, 0) is 10.0 Å². The summed E-state index contributed by atoms with van der Waals surface area (Å²) < 4.78 is 32.9. The van der Waals surface area contributed by atoms with E-state index in [0.29, 0.717) is 28.2 Å². The molecule has 2 atom stereocenters. The topological polar surface area (TPSA) is 49.9 Å². The minimum Gasteiger partial charge on any atom is -0.496 e. The highest BCUT2D eigenvalue weighted by atomic mass is 79.9. The molecule has 1 aliphatic rings. The highest BCUT2D eigenvalue weighted by molar-refractivity contribution is 9.10. The molecule has 0 aromatic heterocycles. The van der Waals surface area contributed by atoms with Crippen molar-refractivity contribution in [3.8, 4) is 5.75 Å². The van der Waals surface area contributed by atoms with Crippen LogP contribution in [0, 0.1) is 0 Å². The average molecular weight is 377 g/mol. The Hall–Kier alpha value is -0.630. The number of hydrogen-bond donors (Lipinski definition) is 0. The van der Waals surface area contributed by atoms with Gasteiger partial charge in [0, 0.05) is 25.2 Å². The molecule has 1 aromatic rings. The maximum atomic E-state index is 12.8. The van der Waals surface area contributed by atoms with Gasteiger partial charge in [-0.25, -0.2) is 8.42 Å². The van der Waals surface area contributed by atoms with Gasteiger partial charge in [0.15, 0.2) is 0 Å². The summed E-state index contributed by atoms with van der Waals surface area (Å²) in [6, 6.07) is 5.25. The van der Waals surface area contributed by atoms with Crippen molar-refractivity contribution in [3.05, 3.63) is 22.7 Å². The number of rotatable bonds is 3. The third-order valence-corrected chi connectivity index (χ3v) is 6.53. The molecule has 0 spiro atoms. The largest absolute Gasteiger partial charge is 0.496 e. The lowest BCUT2D eigenvalue weighted by molar-refractivity contribution is 0.105. The third-order valence-electron chi connectivity index (χ3n) is 4.09. The van der Waals surface area contributed by atoms with Gasteiger partial charge >= 0.3 is 0 Å². The van der Waals surface area contributed by atoms with E-state index in [4.69, 9.17) is 4.74 Å². The second kappa shape index (κ2) is 6.24. The average Bonchev–Trinajstić information content (AvgIpc) is 2.44. The number of ether oxygens (including phenoxy) is 1. The van der Waals surface area contributed by atoms with E-state index >= 15 is 0 Å². The molecule has 7 heteroatoms. The number of halogens is 1. The number of piperazine rings is 1. The fraction of sp³-hybridized carbons (Fsp3) is 0.571. The Labute approximate surface area is 135 Å². The lowest BCUT2D eigenvalue weighted by Gasteiger charge is -2.41. The van der Waals surface area contributed by atoms with E-state index in [0.717, 1.165) is 0 Å². The van der Waals surface area contributed by atoms with Crippen molar-refractivity contribution < 1.29 is 13.2 Å². The summed E-state index contributed by atoms with van der Waals surface area (Å²) in [5, 5.41) is 0. The van der Waals surface area contributed by atoms with E-state index in [1.807, 2.05) is 20.9 Å². The van der Waals surface area contributed by atoms with E-state index in [2.05, 4.69) is 20.8 Å². The summed E-state index contributed by atoms with van der Waals surface area (Å²) in [7, 11) is 0.107. The van der Waals surface area contributed by atoms with E-state index in [9.17, 15) is 8.42 Å². The van der Waals surface area contributed by atoms with Crippen molar-refractivity contribution in [1.82, 2.24) is 9.21 Å². The van der Waals surface area contributed by atoms with Crippen LogP contribution in [0.5, 0.6) is 5.75 Å². The maximum absolute atomic E-state index is 12.8. The SMILES string of the molecule is COc1ccc(S(=O)(=O)N2CC(C)N(C)C(C)C2)cc1Br. The molecule has 1 aromatic carbocycles. The molecule has 1 fully saturated rings. The standard InChI is InChI=1S/C14H21BrN2O3S/c1-10-8-17(9-11(2)16(10)3)21(18,19)12-5-6-14(20-4)13(15)7-12/h5-7,10-11H,8-9H2,1-4H3. The zero-order valence-electron chi connectivity index (χ0n) is 12.7. The summed E-state index contributed by atoms with van der Waals surface area (Å²) in [5.41, 5.74) is 0. The normalized spacial score (nSPS) is 25.0. The molecule has 0 aliphatic carbocycles. The van der Waals surface area contributed by atoms with Gasteiger partial charge in [-0.3, -0.25) is 4.90 Å². The Morgan fingerprint density at radius 1 is 1.24 bits per heavy atom. The molecule has 118 valence electrons. The number of likely N-dealkylation sites (N-methyl/N-ethyl adjacent to an activating group) is 1. The molecule has 1 saturated heterocycles. The first-order valence-corrected chi connectivity index (χ1v) is 9.06. The molecule has 0 amide bonds. The highest BCUT2D eigenvalue weighted by Crippen LogP contribution is 2.30. The van der Waals surface area contributed by atoms with Crippen molar-refractivity contribution in [2.24, 2.45) is 0 Å². The summed E-state index contributed by atoms with van der Waals surface area (Å²) in [5.74, 6) is 0.620. The monoisotopic (exact) mass is 376 g/mol. The first kappa shape index (κ1) is 16.7. The van der Waals surface area contributed by atoms with Crippen LogP contribution in [0.4, 0.5) is 0 Å². The molecule has 1 aliphatic heterocycles. The summed E-state index contributed by atoms with van der Waals surface area (Å²) in [6.45, 7) is 5.10. The molecule has 5 nitrogen and oxygen atoms in total. The van der Waals surface area contributed by atoms with Crippen molar-refractivity contribution in [2.45, 2.75) is 30.8 Å². The number of methoxy groups -OCH3 is 1. The van der Waals surface area contributed by atoms with Crippen LogP contribution in [0.2, 0.25) is 0 Å². The maximum Gasteiger partial charge on any atom is 0.243 e. The Balaban J connectivity index is 2.32. The van der Waals surface area contributed by atoms with Crippen LogP contribution in [0.15, 0.2) is 27.6 Å². The number of hydrogen-bond acceptors (Lipinski definition) is 4. The summed E-state index contributed by atoms with van der Waals surface area (Å²) >= 11 is 3.34. The van der Waals surface area contributed by atoms with E-state index < -0.39 is 10.0 Å². The van der Waals surface area contributed by atoms with E-state index in [-0.39, 0.29) is 12.1 Å². The number of nitrogens with zero attached hydrogens (tertiary/aromatic N) is 2. The Morgan fingerprint density at radius 3 is 2.29 bits per heavy atom. The molecule has 0 bridgehead atoms. The second-order valence-corrected chi connectivity index (χ2v) is 8.27. The molecule has 1 heterocycles. The number of benzene rings is 1. The quantitative estimate of drug-likeness (QED) is 0.810. The molecule has 21 heavy (non-hydrogen) atoms. The van der Waals surface area contributed by atoms with Crippen LogP contribution in [-0.4, -0.2) is 57.0 Å². The molecular weight excluding hydrogens is 356 g/mol. The second-order valence-electron chi connectivity index (χ2n) is 5.48. The van der Waals surface area contributed by atoms with Crippen molar-refractivity contribution >= 4 is 26.0 Å². The van der Waals surface area contributed by atoms with Gasteiger partial charge < -0.3 is 4.74 Å². The van der Waals surface area contributed by atoms with Gasteiger partial charge in [-0.1, -0.05) is 0 Å². The predicted molar refractivity (Wildman–Crippen MR) is 86.1 cm³/mol. The minimum absolute atomic E-state index is 0.199. The van der Waals surface area contributed by atoms with E-state index in [1.54, 1.807) is 29.6 Å². The minimum atomic E-state index is -3.48. The third kappa shape index (κ3) is 3.26. The molecule has 0 radical (unpaired) electrons. The highest BCUT2D eigenvalue weighted by Gasteiger charge is 2.34. The molecule has 0 N–H and O–H groups in total. The Kier molecular flexibility index (Phi) is 4.97. The van der Waals surface area contributed by atoms with Crippen molar-refractivity contribution in [3.63, 3.8) is 0 Å². The van der Waals surface area contributed by atoms with Crippen LogP contribution < -0.4 is 4.74 Å².